The quantitative estimate of drug-likeness (QED) is 0.269. The number of pyridine rings is 1. The minimum atomic E-state index is -4.04. The summed E-state index contributed by atoms with van der Waals surface area (Å²) in [6, 6.07) is 3.26. The van der Waals surface area contributed by atoms with Crippen molar-refractivity contribution in [3.05, 3.63) is 57.8 Å². The first kappa shape index (κ1) is 22.8. The first-order valence-electron chi connectivity index (χ1n) is 8.88. The normalized spacial score (nSPS) is 11.5. The lowest BCUT2D eigenvalue weighted by molar-refractivity contribution is -0.140. The van der Waals surface area contributed by atoms with E-state index in [-0.39, 0.29) is 18.6 Å². The van der Waals surface area contributed by atoms with Crippen LogP contribution in [0.1, 0.15) is 29.3 Å². The maximum Gasteiger partial charge on any atom is 0.302 e. The number of carbonyl (C=O) groups is 2. The van der Waals surface area contributed by atoms with Crippen molar-refractivity contribution in [1.82, 2.24) is 9.97 Å². The number of aromatic nitrogens is 2. The van der Waals surface area contributed by atoms with Crippen LogP contribution in [0.2, 0.25) is 0 Å². The van der Waals surface area contributed by atoms with Crippen molar-refractivity contribution in [3.63, 3.8) is 0 Å². The molecule has 2 heterocycles. The average molecular weight is 516 g/mol. The number of ketones is 1. The Morgan fingerprint density at radius 1 is 1.29 bits per heavy atom. The van der Waals surface area contributed by atoms with E-state index in [1.807, 2.05) is 4.72 Å². The first-order valence-corrected chi connectivity index (χ1v) is 11.3. The zero-order valence-corrected chi connectivity index (χ0v) is 18.4. The lowest BCUT2D eigenvalue weighted by Crippen LogP contribution is -2.20. The molecule has 0 fully saturated rings. The summed E-state index contributed by atoms with van der Waals surface area (Å²) in [6.07, 6.45) is 2.74. The van der Waals surface area contributed by atoms with Gasteiger partial charge in [0.2, 0.25) is 15.8 Å². The third-order valence-electron chi connectivity index (χ3n) is 4.19. The van der Waals surface area contributed by atoms with Gasteiger partial charge in [0.05, 0.1) is 23.6 Å². The molecule has 0 aliphatic heterocycles. The van der Waals surface area contributed by atoms with Gasteiger partial charge in [0.15, 0.2) is 5.82 Å². The highest BCUT2D eigenvalue weighted by Crippen LogP contribution is 2.28. The Morgan fingerprint density at radius 3 is 2.74 bits per heavy atom. The number of sulfonamides is 1. The van der Waals surface area contributed by atoms with Gasteiger partial charge < -0.3 is 9.72 Å². The van der Waals surface area contributed by atoms with Crippen molar-refractivity contribution in [2.24, 2.45) is 0 Å². The van der Waals surface area contributed by atoms with Gasteiger partial charge in [-0.15, -0.1) is 0 Å². The van der Waals surface area contributed by atoms with Gasteiger partial charge in [-0.1, -0.05) is 0 Å². The van der Waals surface area contributed by atoms with Crippen LogP contribution in [-0.4, -0.2) is 42.5 Å². The summed E-state index contributed by atoms with van der Waals surface area (Å²) in [4.78, 5) is 30.4. The number of hydrogen-bond donors (Lipinski definition) is 2. The molecular formula is C19H16BrF2N3O5S. The van der Waals surface area contributed by atoms with E-state index in [0.29, 0.717) is 15.5 Å². The molecule has 8 nitrogen and oxygen atoms in total. The van der Waals surface area contributed by atoms with Crippen molar-refractivity contribution in [3.8, 4) is 0 Å². The van der Waals surface area contributed by atoms with Crippen LogP contribution in [0, 0.1) is 11.6 Å². The van der Waals surface area contributed by atoms with Crippen LogP contribution < -0.4 is 4.72 Å². The van der Waals surface area contributed by atoms with Crippen LogP contribution in [0.3, 0.4) is 0 Å². The predicted octanol–water partition coefficient (Wildman–Crippen LogP) is 3.53. The Labute approximate surface area is 184 Å². The summed E-state index contributed by atoms with van der Waals surface area (Å²) < 4.78 is 61.0. The van der Waals surface area contributed by atoms with E-state index < -0.39 is 50.4 Å². The molecule has 0 spiro atoms. The van der Waals surface area contributed by atoms with Gasteiger partial charge in [0.1, 0.15) is 11.5 Å². The Hall–Kier alpha value is -2.86. The Kier molecular flexibility index (Phi) is 6.70. The summed E-state index contributed by atoms with van der Waals surface area (Å²) in [5.41, 5.74) is -1.16. The largest absolute Gasteiger partial charge is 0.466 e. The zero-order chi connectivity index (χ0) is 22.8. The number of esters is 1. The molecule has 0 aliphatic carbocycles. The highest BCUT2D eigenvalue weighted by molar-refractivity contribution is 9.10. The van der Waals surface area contributed by atoms with E-state index in [0.717, 1.165) is 12.1 Å². The molecule has 2 N–H and O–H groups in total. The molecule has 0 saturated carbocycles. The van der Waals surface area contributed by atoms with Crippen molar-refractivity contribution in [2.45, 2.75) is 13.3 Å². The minimum Gasteiger partial charge on any atom is -0.466 e. The van der Waals surface area contributed by atoms with Crippen LogP contribution in [-0.2, 0) is 19.6 Å². The SMILES string of the molecule is CC(=O)OCCCS(=O)(=O)Nc1ccc(F)c(C(=O)c2c[nH]c3ncc(Br)cc23)c1F. The number of aromatic amines is 1. The number of rotatable bonds is 8. The molecule has 1 aromatic carbocycles. The van der Waals surface area contributed by atoms with Crippen LogP contribution in [0.4, 0.5) is 14.5 Å². The van der Waals surface area contributed by atoms with Crippen molar-refractivity contribution in [1.29, 1.82) is 0 Å². The number of anilines is 1. The fourth-order valence-electron chi connectivity index (χ4n) is 2.82. The maximum absolute atomic E-state index is 15.0. The molecule has 3 rings (SSSR count). The smallest absolute Gasteiger partial charge is 0.302 e. The number of ether oxygens (including phenoxy) is 1. The molecule has 0 atom stereocenters. The van der Waals surface area contributed by atoms with Crippen LogP contribution in [0.5, 0.6) is 0 Å². The van der Waals surface area contributed by atoms with E-state index in [2.05, 4.69) is 30.6 Å². The van der Waals surface area contributed by atoms with Crippen LogP contribution in [0.25, 0.3) is 11.0 Å². The van der Waals surface area contributed by atoms with Gasteiger partial charge in [-0.2, -0.15) is 0 Å². The number of hydrogen-bond acceptors (Lipinski definition) is 6. The van der Waals surface area contributed by atoms with E-state index in [4.69, 9.17) is 0 Å². The first-order chi connectivity index (χ1) is 14.6. The van der Waals surface area contributed by atoms with Gasteiger partial charge in [0.25, 0.3) is 0 Å². The second-order valence-electron chi connectivity index (χ2n) is 6.48. The molecule has 2 aromatic heterocycles. The third kappa shape index (κ3) is 5.25. The fourth-order valence-corrected chi connectivity index (χ4v) is 4.25. The molecule has 0 radical (unpaired) electrons. The van der Waals surface area contributed by atoms with Gasteiger partial charge in [-0.3, -0.25) is 14.3 Å². The van der Waals surface area contributed by atoms with Gasteiger partial charge in [-0.25, -0.2) is 22.2 Å². The second-order valence-corrected chi connectivity index (χ2v) is 9.24. The van der Waals surface area contributed by atoms with Crippen molar-refractivity contribution < 1.29 is 31.5 Å². The van der Waals surface area contributed by atoms with Crippen molar-refractivity contribution >= 4 is 54.4 Å². The number of nitrogens with one attached hydrogen (secondary N) is 2. The molecular weight excluding hydrogens is 500 g/mol. The summed E-state index contributed by atoms with van der Waals surface area (Å²) in [5, 5.41) is 0.342. The van der Waals surface area contributed by atoms with E-state index in [1.54, 1.807) is 6.07 Å². The maximum atomic E-state index is 15.0. The second kappa shape index (κ2) is 9.10. The van der Waals surface area contributed by atoms with Gasteiger partial charge in [0, 0.05) is 34.7 Å². The molecule has 3 aromatic rings. The van der Waals surface area contributed by atoms with Crippen molar-refractivity contribution in [2.75, 3.05) is 17.1 Å². The molecule has 31 heavy (non-hydrogen) atoms. The van der Waals surface area contributed by atoms with E-state index in [1.165, 1.54) is 19.3 Å². The van der Waals surface area contributed by atoms with Gasteiger partial charge in [-0.05, 0) is 40.5 Å². The molecule has 0 amide bonds. The number of benzene rings is 1. The average Bonchev–Trinajstić information content (AvgIpc) is 3.10. The highest BCUT2D eigenvalue weighted by Gasteiger charge is 2.26. The number of nitrogens with zero attached hydrogens (tertiary/aromatic N) is 1. The Bertz CT molecular complexity index is 1280. The number of fused-ring (bicyclic) bond motifs is 1. The number of H-pyrrole nitrogens is 1. The molecule has 0 saturated heterocycles. The zero-order valence-electron chi connectivity index (χ0n) is 16.0. The summed E-state index contributed by atoms with van der Waals surface area (Å²) in [7, 11) is -4.04. The third-order valence-corrected chi connectivity index (χ3v) is 5.98. The molecule has 0 aliphatic rings. The Balaban J connectivity index is 1.89. The molecule has 12 heteroatoms. The topological polar surface area (TPSA) is 118 Å². The molecule has 164 valence electrons. The molecule has 0 bridgehead atoms. The highest BCUT2D eigenvalue weighted by atomic mass is 79.9. The summed E-state index contributed by atoms with van der Waals surface area (Å²) in [6.45, 7) is 1.05. The lowest BCUT2D eigenvalue weighted by Gasteiger charge is -2.12. The van der Waals surface area contributed by atoms with E-state index in [9.17, 15) is 26.8 Å². The minimum absolute atomic E-state index is 0.0250. The number of halogens is 3. The standard InChI is InChI=1S/C19H16BrF2N3O5S/c1-10(26)30-5-2-6-31(28,29)25-15-4-3-14(21)16(17(15)22)18(27)13-9-24-19-12(13)7-11(20)8-23-19/h3-4,7-9,25H,2,5-6H2,1H3,(H,23,24). The summed E-state index contributed by atoms with van der Waals surface area (Å²) >= 11 is 3.22. The number of carbonyl (C=O) groups excluding carboxylic acids is 2. The molecule has 0 unspecified atom stereocenters. The Morgan fingerprint density at radius 2 is 2.03 bits per heavy atom. The summed E-state index contributed by atoms with van der Waals surface area (Å²) in [5.74, 6) is -4.49. The monoisotopic (exact) mass is 515 g/mol. The van der Waals surface area contributed by atoms with Crippen LogP contribution in [0.15, 0.2) is 35.1 Å². The van der Waals surface area contributed by atoms with Crippen LogP contribution >= 0.6 is 15.9 Å². The van der Waals surface area contributed by atoms with E-state index >= 15 is 0 Å². The lowest BCUT2D eigenvalue weighted by atomic mass is 10.0. The van der Waals surface area contributed by atoms with Gasteiger partial charge >= 0.3 is 5.97 Å². The fraction of sp³-hybridized carbons (Fsp3) is 0.211. The predicted molar refractivity (Wildman–Crippen MR) is 112 cm³/mol.